The Morgan fingerprint density at radius 2 is 2.00 bits per heavy atom. The molecule has 3 aromatic heterocycles. The molecule has 0 aliphatic heterocycles. The van der Waals surface area contributed by atoms with Gasteiger partial charge < -0.3 is 4.42 Å². The summed E-state index contributed by atoms with van der Waals surface area (Å²) in [7, 11) is 2.37. The average Bonchev–Trinajstić information content (AvgIpc) is 3.39. The molecule has 0 atom stereocenters. The van der Waals surface area contributed by atoms with Crippen LogP contribution in [-0.4, -0.2) is 17.8 Å². The molecule has 1 fully saturated rings. The number of allylic oxidation sites excluding steroid dienone is 1. The van der Waals surface area contributed by atoms with E-state index >= 15 is 0 Å². The largest absolute Gasteiger partial charge is 0.437 e. The minimum atomic E-state index is 0.219. The normalized spacial score (nSPS) is 15.9. The Bertz CT molecular complexity index is 1340. The Balaban J connectivity index is 1.84. The lowest BCUT2D eigenvalue weighted by atomic mass is 9.63. The van der Waals surface area contributed by atoms with Gasteiger partial charge in [-0.05, 0) is 48.1 Å². The molecule has 0 N–H and O–H groups in total. The van der Waals surface area contributed by atoms with E-state index in [1.165, 1.54) is 31.2 Å². The Kier molecular flexibility index (Phi) is 4.48. The number of benzene rings is 1. The van der Waals surface area contributed by atoms with Crippen LogP contribution in [0.25, 0.3) is 39.4 Å². The van der Waals surface area contributed by atoms with E-state index in [1.807, 2.05) is 31.3 Å². The van der Waals surface area contributed by atoms with Crippen molar-refractivity contribution in [2.45, 2.75) is 37.9 Å². The summed E-state index contributed by atoms with van der Waals surface area (Å²) in [5.41, 5.74) is 6.38. The maximum atomic E-state index is 6.20. The van der Waals surface area contributed by atoms with Crippen molar-refractivity contribution >= 4 is 36.0 Å². The van der Waals surface area contributed by atoms with Crippen molar-refractivity contribution in [3.63, 3.8) is 0 Å². The van der Waals surface area contributed by atoms with Gasteiger partial charge in [0.15, 0.2) is 0 Å². The Morgan fingerprint density at radius 3 is 2.77 bits per heavy atom. The van der Waals surface area contributed by atoms with Crippen molar-refractivity contribution in [3.8, 4) is 23.6 Å². The summed E-state index contributed by atoms with van der Waals surface area (Å²) in [5.74, 6) is 2.84. The highest BCUT2D eigenvalue weighted by Crippen LogP contribution is 2.42. The van der Waals surface area contributed by atoms with Gasteiger partial charge in [-0.25, -0.2) is 4.98 Å². The molecule has 1 aliphatic carbocycles. The average molecular weight is 390 g/mol. The maximum absolute atomic E-state index is 6.20. The van der Waals surface area contributed by atoms with Crippen LogP contribution in [0, 0.1) is 12.3 Å². The van der Waals surface area contributed by atoms with E-state index in [0.29, 0.717) is 5.71 Å². The molecule has 0 radical (unpaired) electrons. The second-order valence-electron chi connectivity index (χ2n) is 8.39. The lowest BCUT2D eigenvalue weighted by molar-refractivity contribution is 0.635. The van der Waals surface area contributed by atoms with Gasteiger partial charge in [-0.15, -0.1) is 6.42 Å². The van der Waals surface area contributed by atoms with Crippen molar-refractivity contribution in [1.82, 2.24) is 9.97 Å². The molecule has 1 aromatic carbocycles. The predicted octanol–water partition coefficient (Wildman–Crippen LogP) is 5.46. The molecule has 0 bridgehead atoms. The monoisotopic (exact) mass is 390 g/mol. The summed E-state index contributed by atoms with van der Waals surface area (Å²) in [5, 5.41) is 2.22. The van der Waals surface area contributed by atoms with E-state index < -0.39 is 0 Å². The standard InChI is InChI=1S/C26H23BN2O/c1-3-8-19-17(4-2)15-21(23-20-9-7-13-29-25(20)30-24(19)23)22-16-18(10-14-28-22)26(27)11-5-6-12-26/h2-3,7-10,13-16H,5-6,11-12,27H2,1H3/b8-3-. The first-order chi connectivity index (χ1) is 14.6. The second kappa shape index (κ2) is 7.18. The molecule has 1 saturated carbocycles. The van der Waals surface area contributed by atoms with Crippen LogP contribution < -0.4 is 0 Å². The molecule has 1 aliphatic rings. The van der Waals surface area contributed by atoms with Crippen LogP contribution >= 0.6 is 0 Å². The molecule has 0 saturated heterocycles. The quantitative estimate of drug-likeness (QED) is 0.344. The van der Waals surface area contributed by atoms with E-state index in [0.717, 1.165) is 38.7 Å². The SMILES string of the molecule is BC1(c2ccnc(-c3cc(C#C)c(/C=C\C)c4oc5ncccc5c34)c2)CCCC1. The highest BCUT2D eigenvalue weighted by Gasteiger charge is 2.31. The minimum Gasteiger partial charge on any atom is -0.437 e. The summed E-state index contributed by atoms with van der Waals surface area (Å²) < 4.78 is 6.20. The van der Waals surface area contributed by atoms with Crippen LogP contribution in [0.5, 0.6) is 0 Å². The lowest BCUT2D eigenvalue weighted by Crippen LogP contribution is -2.22. The van der Waals surface area contributed by atoms with Crippen molar-refractivity contribution in [3.05, 3.63) is 65.5 Å². The number of fused-ring (bicyclic) bond motifs is 3. The number of terminal acetylenes is 1. The van der Waals surface area contributed by atoms with Crippen LogP contribution in [0.1, 0.15) is 49.3 Å². The number of pyridine rings is 2. The smallest absolute Gasteiger partial charge is 0.227 e. The Hall–Kier alpha value is -3.32. The van der Waals surface area contributed by atoms with Crippen LogP contribution in [0.4, 0.5) is 0 Å². The van der Waals surface area contributed by atoms with Crippen molar-refractivity contribution < 1.29 is 4.42 Å². The van der Waals surface area contributed by atoms with E-state index in [9.17, 15) is 0 Å². The van der Waals surface area contributed by atoms with Gasteiger partial charge in [-0.2, -0.15) is 0 Å². The van der Waals surface area contributed by atoms with E-state index in [1.54, 1.807) is 6.20 Å². The number of nitrogens with zero attached hydrogens (tertiary/aromatic N) is 2. The molecule has 0 spiro atoms. The Labute approximate surface area is 177 Å². The fraction of sp³-hybridized carbons (Fsp3) is 0.231. The van der Waals surface area contributed by atoms with Gasteiger partial charge in [0.2, 0.25) is 5.71 Å². The van der Waals surface area contributed by atoms with Gasteiger partial charge in [0.1, 0.15) is 13.4 Å². The van der Waals surface area contributed by atoms with E-state index in [-0.39, 0.29) is 5.31 Å². The number of hydrogen-bond acceptors (Lipinski definition) is 3. The zero-order valence-corrected chi connectivity index (χ0v) is 17.4. The first-order valence-corrected chi connectivity index (χ1v) is 10.5. The number of aromatic nitrogens is 2. The first kappa shape index (κ1) is 18.7. The molecule has 4 heteroatoms. The number of hydrogen-bond donors (Lipinski definition) is 0. The fourth-order valence-electron chi connectivity index (χ4n) is 4.86. The van der Waals surface area contributed by atoms with Gasteiger partial charge in [0.25, 0.3) is 0 Å². The summed E-state index contributed by atoms with van der Waals surface area (Å²) in [6, 6.07) is 10.5. The molecule has 0 unspecified atom stereocenters. The number of furan rings is 1. The van der Waals surface area contributed by atoms with Crippen molar-refractivity contribution in [1.29, 1.82) is 0 Å². The summed E-state index contributed by atoms with van der Waals surface area (Å²) >= 11 is 0. The van der Waals surface area contributed by atoms with Crippen LogP contribution in [0.3, 0.4) is 0 Å². The first-order valence-electron chi connectivity index (χ1n) is 10.5. The summed E-state index contributed by atoms with van der Waals surface area (Å²) in [6.45, 7) is 1.98. The third kappa shape index (κ3) is 2.85. The van der Waals surface area contributed by atoms with Crippen molar-refractivity contribution in [2.24, 2.45) is 0 Å². The number of rotatable bonds is 3. The zero-order valence-electron chi connectivity index (χ0n) is 17.4. The molecule has 5 rings (SSSR count). The van der Waals surface area contributed by atoms with Crippen molar-refractivity contribution in [2.75, 3.05) is 0 Å². The molecular weight excluding hydrogens is 367 g/mol. The third-order valence-electron chi connectivity index (χ3n) is 6.49. The Morgan fingerprint density at radius 1 is 1.17 bits per heavy atom. The van der Waals surface area contributed by atoms with E-state index in [4.69, 9.17) is 15.8 Å². The summed E-state index contributed by atoms with van der Waals surface area (Å²) in [4.78, 5) is 9.19. The third-order valence-corrected chi connectivity index (χ3v) is 6.49. The molecular formula is C26H23BN2O. The molecule has 30 heavy (non-hydrogen) atoms. The van der Waals surface area contributed by atoms with Gasteiger partial charge in [0.05, 0.1) is 5.69 Å². The molecule has 0 amide bonds. The van der Waals surface area contributed by atoms with Crippen LogP contribution in [-0.2, 0) is 5.31 Å². The highest BCUT2D eigenvalue weighted by molar-refractivity contribution is 6.16. The highest BCUT2D eigenvalue weighted by atomic mass is 16.3. The summed E-state index contributed by atoms with van der Waals surface area (Å²) in [6.07, 6.45) is 18.6. The van der Waals surface area contributed by atoms with Gasteiger partial charge in [-0.3, -0.25) is 4.98 Å². The fourth-order valence-corrected chi connectivity index (χ4v) is 4.86. The topological polar surface area (TPSA) is 38.9 Å². The maximum Gasteiger partial charge on any atom is 0.227 e. The second-order valence-corrected chi connectivity index (χ2v) is 8.39. The zero-order chi connectivity index (χ0) is 20.7. The van der Waals surface area contributed by atoms with E-state index in [2.05, 4.69) is 43.0 Å². The van der Waals surface area contributed by atoms with Crippen LogP contribution in [0.15, 0.2) is 53.2 Å². The lowest BCUT2D eigenvalue weighted by Gasteiger charge is -2.24. The molecule has 3 nitrogen and oxygen atoms in total. The molecule has 3 heterocycles. The van der Waals surface area contributed by atoms with Gasteiger partial charge in [-0.1, -0.05) is 43.8 Å². The van der Waals surface area contributed by atoms with Gasteiger partial charge >= 0.3 is 0 Å². The molecule has 146 valence electrons. The van der Waals surface area contributed by atoms with Gasteiger partial charge in [0, 0.05) is 39.9 Å². The predicted molar refractivity (Wildman–Crippen MR) is 126 cm³/mol. The van der Waals surface area contributed by atoms with Crippen LogP contribution in [0.2, 0.25) is 0 Å². The molecule has 4 aromatic rings. The minimum absolute atomic E-state index is 0.219.